The molecule has 18 heteroatoms. The summed E-state index contributed by atoms with van der Waals surface area (Å²) in [5, 5.41) is 6.24. The van der Waals surface area contributed by atoms with Gasteiger partial charge in [-0.1, -0.05) is 36.6 Å². The van der Waals surface area contributed by atoms with E-state index in [1.165, 1.54) is 23.3 Å². The van der Waals surface area contributed by atoms with Crippen molar-refractivity contribution >= 4 is 77.2 Å². The number of carbonyl (C=O) groups excluding carboxylic acids is 4. The number of pyridine rings is 1. The molecule has 1 saturated heterocycles. The van der Waals surface area contributed by atoms with Gasteiger partial charge in [-0.3, -0.25) is 19.1 Å². The zero-order chi connectivity index (χ0) is 39.2. The Morgan fingerprint density at radius 1 is 1.07 bits per heavy atom. The minimum Gasteiger partial charge on any atom is -0.471 e. The van der Waals surface area contributed by atoms with Gasteiger partial charge >= 0.3 is 6.09 Å². The van der Waals surface area contributed by atoms with Gasteiger partial charge in [0.25, 0.3) is 5.91 Å². The maximum absolute atomic E-state index is 14.4. The molecule has 0 unspecified atom stereocenters. The van der Waals surface area contributed by atoms with Gasteiger partial charge in [-0.15, -0.1) is 11.3 Å². The van der Waals surface area contributed by atoms with Crippen LogP contribution in [0.3, 0.4) is 0 Å². The molecule has 3 fully saturated rings. The maximum Gasteiger partial charge on any atom is 0.407 e. The van der Waals surface area contributed by atoms with Gasteiger partial charge in [0, 0.05) is 34.5 Å². The lowest BCUT2D eigenvalue weighted by molar-refractivity contribution is -0.141. The Morgan fingerprint density at radius 3 is 2.64 bits per heavy atom. The third-order valence-electron chi connectivity index (χ3n) is 10.8. The molecular formula is C38H40ClN7O8S2. The van der Waals surface area contributed by atoms with Gasteiger partial charge in [-0.25, -0.2) is 23.2 Å². The number of amides is 4. The second-order valence-corrected chi connectivity index (χ2v) is 18.1. The van der Waals surface area contributed by atoms with Crippen LogP contribution in [-0.4, -0.2) is 94.7 Å². The first kappa shape index (κ1) is 38.0. The zero-order valence-corrected chi connectivity index (χ0v) is 32.8. The van der Waals surface area contributed by atoms with E-state index in [1.54, 1.807) is 30.5 Å². The van der Waals surface area contributed by atoms with Crippen LogP contribution in [0, 0.1) is 5.92 Å². The maximum atomic E-state index is 14.4. The SMILES string of the molecule is COC(=O)N[C@H]1CCCCCC=C[C@@H]2C[C@@]2(C(=O)NS(=O)(=O)C2CC2)NC(=O)[C@@H]2C[C@@H](Oc3nc(-c4ccc(Cl)cc4)nc4c3sc3ncccc34)CN2C1=O. The van der Waals surface area contributed by atoms with Crippen molar-refractivity contribution in [2.75, 3.05) is 13.7 Å². The summed E-state index contributed by atoms with van der Waals surface area (Å²) in [7, 11) is -2.70. The summed E-state index contributed by atoms with van der Waals surface area (Å²) in [4.78, 5) is 71.4. The number of nitrogens with one attached hydrogen (secondary N) is 3. The number of carbonyl (C=O) groups is 4. The predicted octanol–water partition coefficient (Wildman–Crippen LogP) is 4.64. The Morgan fingerprint density at radius 2 is 1.88 bits per heavy atom. The average Bonchev–Trinajstić information content (AvgIpc) is 4.08. The van der Waals surface area contributed by atoms with E-state index >= 15 is 0 Å². The number of fused-ring (bicyclic) bond motifs is 5. The largest absolute Gasteiger partial charge is 0.471 e. The third-order valence-corrected chi connectivity index (χ3v) is 13.9. The Balaban J connectivity index is 1.15. The minimum atomic E-state index is -3.91. The molecule has 1 aromatic carbocycles. The number of hydrogen-bond donors (Lipinski definition) is 3. The number of halogens is 1. The van der Waals surface area contributed by atoms with Crippen molar-refractivity contribution in [1.82, 2.24) is 35.2 Å². The van der Waals surface area contributed by atoms with Crippen LogP contribution in [-0.2, 0) is 29.1 Å². The van der Waals surface area contributed by atoms with E-state index in [0.29, 0.717) is 58.7 Å². The van der Waals surface area contributed by atoms with Gasteiger partial charge in [-0.05, 0) is 74.9 Å². The van der Waals surface area contributed by atoms with E-state index in [4.69, 9.17) is 31.0 Å². The second-order valence-electron chi connectivity index (χ2n) is 14.7. The number of sulfonamides is 1. The summed E-state index contributed by atoms with van der Waals surface area (Å²) in [6, 6.07) is 8.64. The lowest BCUT2D eigenvalue weighted by Gasteiger charge is -2.29. The number of nitrogens with zero attached hydrogens (tertiary/aromatic N) is 4. The highest BCUT2D eigenvalue weighted by Crippen LogP contribution is 2.46. The van der Waals surface area contributed by atoms with Gasteiger partial charge in [0.05, 0.1) is 24.4 Å². The molecule has 3 N–H and O–H groups in total. The number of hydrogen-bond acceptors (Lipinski definition) is 12. The summed E-state index contributed by atoms with van der Waals surface area (Å²) < 4.78 is 40.1. The summed E-state index contributed by atoms with van der Waals surface area (Å²) in [5.41, 5.74) is -0.210. The number of methoxy groups -OCH3 is 1. The van der Waals surface area contributed by atoms with Crippen molar-refractivity contribution in [1.29, 1.82) is 0 Å². The van der Waals surface area contributed by atoms with E-state index in [0.717, 1.165) is 23.1 Å². The van der Waals surface area contributed by atoms with Crippen molar-refractivity contribution in [3.05, 3.63) is 59.8 Å². The van der Waals surface area contributed by atoms with Crippen molar-refractivity contribution in [2.45, 2.75) is 86.8 Å². The molecule has 4 amide bonds. The van der Waals surface area contributed by atoms with Crippen molar-refractivity contribution in [3.8, 4) is 17.3 Å². The first-order chi connectivity index (χ1) is 27.0. The topological polar surface area (TPSA) is 199 Å². The van der Waals surface area contributed by atoms with Gasteiger partial charge in [0.1, 0.15) is 33.3 Å². The first-order valence-electron chi connectivity index (χ1n) is 18.6. The minimum absolute atomic E-state index is 0.00597. The van der Waals surface area contributed by atoms with E-state index in [9.17, 15) is 27.6 Å². The number of allylic oxidation sites excluding steroid dienone is 1. The molecule has 5 heterocycles. The van der Waals surface area contributed by atoms with Gasteiger partial charge in [0.15, 0.2) is 5.82 Å². The highest BCUT2D eigenvalue weighted by atomic mass is 35.5. The normalized spacial score (nSPS) is 25.7. The predicted molar refractivity (Wildman–Crippen MR) is 208 cm³/mol. The summed E-state index contributed by atoms with van der Waals surface area (Å²) in [6.45, 7) is -0.0558. The Bertz CT molecular complexity index is 2350. The Labute approximate surface area is 331 Å². The van der Waals surface area contributed by atoms with Crippen LogP contribution in [0.5, 0.6) is 5.88 Å². The monoisotopic (exact) mass is 821 g/mol. The molecule has 56 heavy (non-hydrogen) atoms. The van der Waals surface area contributed by atoms with Crippen LogP contribution in [0.25, 0.3) is 31.8 Å². The van der Waals surface area contributed by atoms with Crippen molar-refractivity contribution in [2.24, 2.45) is 5.92 Å². The molecule has 2 aliphatic heterocycles. The van der Waals surface area contributed by atoms with Crippen molar-refractivity contribution in [3.63, 3.8) is 0 Å². The highest BCUT2D eigenvalue weighted by Gasteiger charge is 2.62. The fraction of sp³-hybridized carbons (Fsp3) is 0.447. The van der Waals surface area contributed by atoms with Gasteiger partial charge < -0.3 is 25.0 Å². The smallest absolute Gasteiger partial charge is 0.407 e. The standard InChI is InChI=1S/C38H40ClN7O8S2/c1-53-37(50)41-27-10-6-4-2-3-5-8-22-19-38(22,36(49)45-56(51,52)25-15-16-25)44-32(47)28-18-24(20-46(28)35(27)48)54-33-30-29(26-9-7-17-40-34(26)55-30)42-31(43-33)21-11-13-23(39)14-12-21/h5,7-9,11-14,17,22,24-25,27-28H,2-4,6,10,15-16,18-20H2,1H3,(H,41,50)(H,44,47)(H,45,49)/t22-,24-,27+,28+,38-/m1/s1. The Hall–Kier alpha value is -4.87. The molecule has 2 saturated carbocycles. The molecule has 2 aliphatic carbocycles. The molecule has 5 atom stereocenters. The van der Waals surface area contributed by atoms with Crippen LogP contribution in [0.2, 0.25) is 5.02 Å². The molecule has 3 aromatic heterocycles. The molecule has 294 valence electrons. The molecule has 0 radical (unpaired) electrons. The van der Waals surface area contributed by atoms with Crippen LogP contribution in [0.4, 0.5) is 4.79 Å². The third kappa shape index (κ3) is 7.63. The number of rotatable bonds is 7. The average molecular weight is 822 g/mol. The van der Waals surface area contributed by atoms with E-state index in [-0.39, 0.29) is 25.3 Å². The van der Waals surface area contributed by atoms with Gasteiger partial charge in [0.2, 0.25) is 27.7 Å². The van der Waals surface area contributed by atoms with E-state index in [1.807, 2.05) is 24.3 Å². The lowest BCUT2D eigenvalue weighted by atomic mass is 10.1. The molecular weight excluding hydrogens is 782 g/mol. The first-order valence-corrected chi connectivity index (χ1v) is 21.4. The summed E-state index contributed by atoms with van der Waals surface area (Å²) in [6.07, 6.45) is 8.18. The number of thiophene rings is 1. The number of benzene rings is 1. The van der Waals surface area contributed by atoms with Crippen LogP contribution >= 0.6 is 22.9 Å². The lowest BCUT2D eigenvalue weighted by Crippen LogP contribution is -2.58. The fourth-order valence-electron chi connectivity index (χ4n) is 7.47. The van der Waals surface area contributed by atoms with Crippen LogP contribution in [0.15, 0.2) is 54.7 Å². The van der Waals surface area contributed by atoms with Gasteiger partial charge in [-0.2, -0.15) is 4.98 Å². The molecule has 8 rings (SSSR count). The molecule has 4 aliphatic rings. The fourth-order valence-corrected chi connectivity index (χ4v) is 9.97. The molecule has 0 spiro atoms. The molecule has 4 aromatic rings. The number of alkyl carbamates (subject to hydrolysis) is 1. The Kier molecular flexibility index (Phi) is 10.3. The van der Waals surface area contributed by atoms with E-state index in [2.05, 4.69) is 20.3 Å². The van der Waals surface area contributed by atoms with Crippen molar-refractivity contribution < 1.29 is 37.1 Å². The zero-order valence-electron chi connectivity index (χ0n) is 30.4. The second kappa shape index (κ2) is 15.2. The molecule has 0 bridgehead atoms. The van der Waals surface area contributed by atoms with E-state index < -0.39 is 68.7 Å². The van der Waals surface area contributed by atoms with Crippen LogP contribution < -0.4 is 20.1 Å². The highest BCUT2D eigenvalue weighted by molar-refractivity contribution is 7.91. The number of ether oxygens (including phenoxy) is 2. The summed E-state index contributed by atoms with van der Waals surface area (Å²) >= 11 is 7.53. The number of aromatic nitrogens is 3. The summed E-state index contributed by atoms with van der Waals surface area (Å²) in [5.74, 6) is -1.80. The quantitative estimate of drug-likeness (QED) is 0.220. The molecule has 15 nitrogen and oxygen atoms in total. The van der Waals surface area contributed by atoms with Crippen LogP contribution in [0.1, 0.15) is 57.8 Å².